The van der Waals surface area contributed by atoms with Gasteiger partial charge in [0.25, 0.3) is 17.4 Å². The number of nitrogen functional groups attached to an aromatic ring is 1. The first-order valence-electron chi connectivity index (χ1n) is 8.38. The number of aromatic nitrogens is 1. The summed E-state index contributed by atoms with van der Waals surface area (Å²) >= 11 is 0. The minimum absolute atomic E-state index is 0.114. The van der Waals surface area contributed by atoms with Crippen LogP contribution in [0.3, 0.4) is 0 Å². The highest BCUT2D eigenvalue weighted by Crippen LogP contribution is 2.34. The van der Waals surface area contributed by atoms with E-state index in [1.54, 1.807) is 13.8 Å². The van der Waals surface area contributed by atoms with Gasteiger partial charge in [0.15, 0.2) is 11.5 Å². The number of carbonyl (C=O) groups is 3. The van der Waals surface area contributed by atoms with E-state index < -0.39 is 23.3 Å². The molecular formula is C18H17N3O7. The Balaban J connectivity index is 2.35. The second kappa shape index (κ2) is 7.06. The van der Waals surface area contributed by atoms with Crippen LogP contribution in [0.15, 0.2) is 23.0 Å². The number of rotatable bonds is 6. The predicted octanol–water partition coefficient (Wildman–Crippen LogP) is 0.799. The number of pyridine rings is 1. The Kier molecular flexibility index (Phi) is 4.78. The average molecular weight is 387 g/mol. The molecule has 0 atom stereocenters. The van der Waals surface area contributed by atoms with E-state index >= 15 is 0 Å². The van der Waals surface area contributed by atoms with Gasteiger partial charge < -0.3 is 20.3 Å². The molecule has 2 amide bonds. The fraction of sp³-hybridized carbons (Fsp3) is 0.222. The van der Waals surface area contributed by atoms with E-state index in [4.69, 9.17) is 15.2 Å². The highest BCUT2D eigenvalue weighted by atomic mass is 16.5. The number of fused-ring (bicyclic) bond motifs is 1. The summed E-state index contributed by atoms with van der Waals surface area (Å²) in [5.41, 5.74) is 4.48. The Morgan fingerprint density at radius 3 is 2.25 bits per heavy atom. The quantitative estimate of drug-likeness (QED) is 0.616. The van der Waals surface area contributed by atoms with Crippen molar-refractivity contribution >= 4 is 23.6 Å². The number of hydrogen-bond donors (Lipinski definition) is 3. The molecule has 0 radical (unpaired) electrons. The molecule has 0 aliphatic carbocycles. The van der Waals surface area contributed by atoms with Crippen LogP contribution in [0.25, 0.3) is 5.69 Å². The number of anilines is 1. The molecule has 1 aliphatic heterocycles. The summed E-state index contributed by atoms with van der Waals surface area (Å²) in [5.74, 6) is -2.80. The van der Waals surface area contributed by atoms with Crippen molar-refractivity contribution in [3.63, 3.8) is 0 Å². The number of carbonyl (C=O) groups excluding carboxylic acids is 2. The van der Waals surface area contributed by atoms with Gasteiger partial charge >= 0.3 is 5.97 Å². The van der Waals surface area contributed by atoms with E-state index in [-0.39, 0.29) is 52.9 Å². The second-order valence-corrected chi connectivity index (χ2v) is 5.76. The number of nitrogens with two attached hydrogens (primary N) is 1. The number of nitrogens with zero attached hydrogens (tertiary/aromatic N) is 1. The van der Waals surface area contributed by atoms with E-state index in [2.05, 4.69) is 5.32 Å². The van der Waals surface area contributed by atoms with Crippen molar-refractivity contribution in [1.29, 1.82) is 0 Å². The van der Waals surface area contributed by atoms with Crippen molar-refractivity contribution in [3.05, 3.63) is 45.2 Å². The van der Waals surface area contributed by atoms with Gasteiger partial charge in [-0.25, -0.2) is 4.79 Å². The van der Waals surface area contributed by atoms with Crippen molar-refractivity contribution < 1.29 is 29.0 Å². The molecule has 10 heteroatoms. The van der Waals surface area contributed by atoms with Crippen LogP contribution >= 0.6 is 0 Å². The van der Waals surface area contributed by atoms with Gasteiger partial charge in [-0.05, 0) is 13.8 Å². The van der Waals surface area contributed by atoms with E-state index in [1.165, 1.54) is 12.1 Å². The van der Waals surface area contributed by atoms with Gasteiger partial charge in [-0.3, -0.25) is 24.3 Å². The molecule has 28 heavy (non-hydrogen) atoms. The van der Waals surface area contributed by atoms with Crippen LogP contribution in [-0.2, 0) is 0 Å². The lowest BCUT2D eigenvalue weighted by atomic mass is 10.1. The third-order valence-electron chi connectivity index (χ3n) is 4.09. The topological polar surface area (TPSA) is 150 Å². The maximum absolute atomic E-state index is 12.6. The van der Waals surface area contributed by atoms with Gasteiger partial charge in [0.05, 0.1) is 35.6 Å². The zero-order valence-corrected chi connectivity index (χ0v) is 15.1. The minimum atomic E-state index is -1.34. The Morgan fingerprint density at radius 2 is 1.68 bits per heavy atom. The molecule has 0 fully saturated rings. The SMILES string of the molecule is CCOc1cc(C(=O)O)c(-n2c(N)c3c(cc2=O)C(=O)NC3=O)cc1OCC. The molecule has 10 nitrogen and oxygen atoms in total. The van der Waals surface area contributed by atoms with Gasteiger partial charge in [0.1, 0.15) is 5.82 Å². The van der Waals surface area contributed by atoms with E-state index in [1.807, 2.05) is 0 Å². The minimum Gasteiger partial charge on any atom is -0.490 e. The summed E-state index contributed by atoms with van der Waals surface area (Å²) in [4.78, 5) is 48.3. The lowest BCUT2D eigenvalue weighted by molar-refractivity contribution is 0.0695. The fourth-order valence-corrected chi connectivity index (χ4v) is 2.97. The lowest BCUT2D eigenvalue weighted by Gasteiger charge is -2.18. The number of nitrogens with one attached hydrogen (secondary N) is 1. The molecule has 2 aromatic rings. The van der Waals surface area contributed by atoms with E-state index in [0.29, 0.717) is 0 Å². The molecule has 0 saturated carbocycles. The number of benzene rings is 1. The van der Waals surface area contributed by atoms with Crippen LogP contribution in [-0.4, -0.2) is 40.7 Å². The Hall–Kier alpha value is -3.82. The Bertz CT molecular complexity index is 1070. The van der Waals surface area contributed by atoms with Crippen molar-refractivity contribution in [2.75, 3.05) is 18.9 Å². The zero-order chi connectivity index (χ0) is 20.6. The van der Waals surface area contributed by atoms with Crippen molar-refractivity contribution in [2.24, 2.45) is 0 Å². The van der Waals surface area contributed by atoms with Crippen molar-refractivity contribution in [1.82, 2.24) is 9.88 Å². The van der Waals surface area contributed by atoms with E-state index in [9.17, 15) is 24.3 Å². The summed E-state index contributed by atoms with van der Waals surface area (Å²) in [6.07, 6.45) is 0. The van der Waals surface area contributed by atoms with Crippen LogP contribution < -0.4 is 26.1 Å². The summed E-state index contributed by atoms with van der Waals surface area (Å²) in [6.45, 7) is 3.98. The molecule has 0 saturated heterocycles. The summed E-state index contributed by atoms with van der Waals surface area (Å²) in [7, 11) is 0. The number of carboxylic acids is 1. The van der Waals surface area contributed by atoms with Crippen LogP contribution in [0.4, 0.5) is 5.82 Å². The number of ether oxygens (including phenoxy) is 2. The second-order valence-electron chi connectivity index (χ2n) is 5.76. The highest BCUT2D eigenvalue weighted by Gasteiger charge is 2.33. The van der Waals surface area contributed by atoms with Crippen molar-refractivity contribution in [3.8, 4) is 17.2 Å². The molecule has 1 aliphatic rings. The molecule has 146 valence electrons. The first-order valence-corrected chi connectivity index (χ1v) is 8.38. The molecular weight excluding hydrogens is 370 g/mol. The average Bonchev–Trinajstić information content (AvgIpc) is 2.90. The zero-order valence-electron chi connectivity index (χ0n) is 15.1. The molecule has 0 bridgehead atoms. The Morgan fingerprint density at radius 1 is 1.07 bits per heavy atom. The monoisotopic (exact) mass is 387 g/mol. The smallest absolute Gasteiger partial charge is 0.337 e. The van der Waals surface area contributed by atoms with Crippen LogP contribution in [0.5, 0.6) is 11.5 Å². The molecule has 0 unspecified atom stereocenters. The number of hydrogen-bond acceptors (Lipinski definition) is 7. The van der Waals surface area contributed by atoms with Gasteiger partial charge in [-0.2, -0.15) is 0 Å². The van der Waals surface area contributed by atoms with Gasteiger partial charge in [0.2, 0.25) is 0 Å². The fourth-order valence-electron chi connectivity index (χ4n) is 2.97. The number of imide groups is 1. The predicted molar refractivity (Wildman–Crippen MR) is 97.5 cm³/mol. The third kappa shape index (κ3) is 2.94. The first kappa shape index (κ1) is 19.0. The molecule has 4 N–H and O–H groups in total. The first-order chi connectivity index (χ1) is 13.3. The standard InChI is InChI=1S/C18H17N3O7/c1-3-27-11-5-8(18(25)26)10(7-12(11)28-4-2)21-13(22)6-9-14(15(21)19)17(24)20-16(9)23/h5-7H,3-4,19H2,1-2H3,(H,25,26)(H,20,23,24). The van der Waals surface area contributed by atoms with Gasteiger partial charge in [-0.15, -0.1) is 0 Å². The largest absolute Gasteiger partial charge is 0.490 e. The molecule has 0 spiro atoms. The van der Waals surface area contributed by atoms with Crippen LogP contribution in [0, 0.1) is 0 Å². The number of carboxylic acid groups (broad SMARTS) is 1. The normalized spacial score (nSPS) is 12.5. The summed E-state index contributed by atoms with van der Waals surface area (Å²) in [5, 5.41) is 11.7. The molecule has 3 rings (SSSR count). The maximum atomic E-state index is 12.6. The van der Waals surface area contributed by atoms with Gasteiger partial charge in [-0.1, -0.05) is 0 Å². The number of aromatic carboxylic acids is 1. The highest BCUT2D eigenvalue weighted by molar-refractivity contribution is 6.23. The summed E-state index contributed by atoms with van der Waals surface area (Å²) < 4.78 is 11.8. The van der Waals surface area contributed by atoms with E-state index in [0.717, 1.165) is 10.6 Å². The number of amides is 2. The molecule has 1 aromatic carbocycles. The lowest BCUT2D eigenvalue weighted by Crippen LogP contribution is -2.25. The summed E-state index contributed by atoms with van der Waals surface area (Å²) in [6, 6.07) is 3.46. The van der Waals surface area contributed by atoms with Crippen LogP contribution in [0.2, 0.25) is 0 Å². The molecule has 1 aromatic heterocycles. The Labute approximate surface area is 158 Å². The maximum Gasteiger partial charge on any atom is 0.337 e. The van der Waals surface area contributed by atoms with Crippen molar-refractivity contribution in [2.45, 2.75) is 13.8 Å². The molecule has 2 heterocycles. The van der Waals surface area contributed by atoms with Crippen LogP contribution in [0.1, 0.15) is 44.9 Å². The third-order valence-corrected chi connectivity index (χ3v) is 4.09. The van der Waals surface area contributed by atoms with Gasteiger partial charge in [0, 0.05) is 18.2 Å².